The number of ether oxygens (including phenoxy) is 1. The maximum absolute atomic E-state index is 6.17. The SMILES string of the molecule is C=C/C=c1\c(=C(/C)N)nc(Sc2cc(OCC)c(C)cc2I)n1CCCNC(C)C. The quantitative estimate of drug-likeness (QED) is 0.355. The van der Waals surface area contributed by atoms with Gasteiger partial charge >= 0.3 is 0 Å². The number of nitrogens with one attached hydrogen (secondary N) is 1. The van der Waals surface area contributed by atoms with Gasteiger partial charge in [-0.2, -0.15) is 0 Å². The number of benzene rings is 1. The topological polar surface area (TPSA) is 65.1 Å². The number of halogens is 1. The lowest BCUT2D eigenvalue weighted by atomic mass is 10.2. The molecule has 0 bridgehead atoms. The van der Waals surface area contributed by atoms with Gasteiger partial charge in [0.2, 0.25) is 0 Å². The fraction of sp³-hybridized carbons (Fsp3) is 0.435. The molecule has 1 aromatic carbocycles. The highest BCUT2D eigenvalue weighted by Gasteiger charge is 2.14. The number of imidazole rings is 1. The first-order valence-electron chi connectivity index (χ1n) is 10.3. The van der Waals surface area contributed by atoms with Crippen LogP contribution in [0.2, 0.25) is 0 Å². The van der Waals surface area contributed by atoms with Crippen LogP contribution in [-0.2, 0) is 6.54 Å². The molecular weight excluding hydrogens is 507 g/mol. The van der Waals surface area contributed by atoms with Gasteiger partial charge in [0.1, 0.15) is 11.1 Å². The molecule has 0 aliphatic rings. The predicted octanol–water partition coefficient (Wildman–Crippen LogP) is 3.79. The number of hydrogen-bond acceptors (Lipinski definition) is 5. The summed E-state index contributed by atoms with van der Waals surface area (Å²) < 4.78 is 9.24. The number of hydrogen-bond donors (Lipinski definition) is 2. The Morgan fingerprint density at radius 1 is 1.43 bits per heavy atom. The Balaban J connectivity index is 2.50. The normalized spacial score (nSPS) is 13.1. The summed E-state index contributed by atoms with van der Waals surface area (Å²) in [5, 5.41) is 6.24. The molecule has 1 aromatic heterocycles. The van der Waals surface area contributed by atoms with E-state index in [1.54, 1.807) is 17.8 Å². The van der Waals surface area contributed by atoms with Gasteiger partial charge in [-0.05, 0) is 80.1 Å². The summed E-state index contributed by atoms with van der Waals surface area (Å²) >= 11 is 4.03. The van der Waals surface area contributed by atoms with E-state index in [0.717, 1.165) is 51.6 Å². The van der Waals surface area contributed by atoms with Crippen LogP contribution in [0.25, 0.3) is 11.8 Å². The minimum Gasteiger partial charge on any atom is -0.494 e. The second-order valence-electron chi connectivity index (χ2n) is 7.41. The fourth-order valence-electron chi connectivity index (χ4n) is 3.06. The van der Waals surface area contributed by atoms with Crippen LogP contribution in [0.5, 0.6) is 5.75 Å². The van der Waals surface area contributed by atoms with E-state index in [0.29, 0.717) is 18.3 Å². The first-order chi connectivity index (χ1) is 14.3. The third-order valence-corrected chi connectivity index (χ3v) is 6.77. The molecule has 7 heteroatoms. The summed E-state index contributed by atoms with van der Waals surface area (Å²) in [6.07, 6.45) is 4.78. The Kier molecular flexibility index (Phi) is 9.77. The molecule has 0 spiro atoms. The lowest BCUT2D eigenvalue weighted by Gasteiger charge is -2.13. The average Bonchev–Trinajstić information content (AvgIpc) is 3.00. The lowest BCUT2D eigenvalue weighted by molar-refractivity contribution is 0.337. The van der Waals surface area contributed by atoms with E-state index in [9.17, 15) is 0 Å². The van der Waals surface area contributed by atoms with E-state index in [4.69, 9.17) is 15.5 Å². The Bertz CT molecular complexity index is 994. The van der Waals surface area contributed by atoms with Crippen molar-refractivity contribution < 1.29 is 4.74 Å². The second-order valence-corrected chi connectivity index (χ2v) is 9.58. The highest BCUT2D eigenvalue weighted by atomic mass is 127. The van der Waals surface area contributed by atoms with Crippen LogP contribution in [0.1, 0.15) is 39.7 Å². The molecule has 1 heterocycles. The Morgan fingerprint density at radius 2 is 2.17 bits per heavy atom. The van der Waals surface area contributed by atoms with Gasteiger partial charge in [-0.1, -0.05) is 38.3 Å². The molecule has 0 unspecified atom stereocenters. The minimum absolute atomic E-state index is 0.474. The smallest absolute Gasteiger partial charge is 0.174 e. The summed E-state index contributed by atoms with van der Waals surface area (Å²) in [4.78, 5) is 6.02. The van der Waals surface area contributed by atoms with E-state index in [2.05, 4.69) is 72.0 Å². The highest BCUT2D eigenvalue weighted by Crippen LogP contribution is 2.34. The zero-order chi connectivity index (χ0) is 22.3. The molecule has 0 saturated carbocycles. The third kappa shape index (κ3) is 6.52. The molecule has 30 heavy (non-hydrogen) atoms. The molecule has 0 radical (unpaired) electrons. The van der Waals surface area contributed by atoms with Crippen LogP contribution in [0, 0.1) is 10.5 Å². The molecule has 0 saturated heterocycles. The van der Waals surface area contributed by atoms with Gasteiger partial charge in [0.25, 0.3) is 0 Å². The molecule has 3 N–H and O–H groups in total. The van der Waals surface area contributed by atoms with Gasteiger partial charge in [0.05, 0.1) is 12.0 Å². The van der Waals surface area contributed by atoms with E-state index in [1.807, 2.05) is 19.9 Å². The van der Waals surface area contributed by atoms with Crippen LogP contribution < -0.4 is 26.5 Å². The van der Waals surface area contributed by atoms with Gasteiger partial charge in [-0.3, -0.25) is 0 Å². The maximum Gasteiger partial charge on any atom is 0.174 e. The van der Waals surface area contributed by atoms with Gasteiger partial charge in [0, 0.05) is 26.7 Å². The Labute approximate surface area is 198 Å². The number of allylic oxidation sites excluding steroid dienone is 1. The van der Waals surface area contributed by atoms with Crippen molar-refractivity contribution >= 4 is 46.1 Å². The standard InChI is InChI=1S/C23H33IN4OS/c1-7-10-19-22(17(6)25)27-23(28(19)12-9-11-26-15(3)4)30-21-14-20(29-8-2)16(5)13-18(21)24/h7,10,13-15,26H,1,8-9,11-12,25H2,2-6H3/b19-10+,22-17-. The second kappa shape index (κ2) is 11.8. The average molecular weight is 541 g/mol. The summed E-state index contributed by atoms with van der Waals surface area (Å²) in [5.41, 5.74) is 8.02. The Hall–Kier alpha value is -1.45. The molecule has 0 amide bonds. The van der Waals surface area contributed by atoms with E-state index >= 15 is 0 Å². The minimum atomic E-state index is 0.474. The van der Waals surface area contributed by atoms with Crippen LogP contribution >= 0.6 is 34.4 Å². The van der Waals surface area contributed by atoms with Crippen molar-refractivity contribution in [1.29, 1.82) is 0 Å². The molecule has 0 fully saturated rings. The third-order valence-electron chi connectivity index (χ3n) is 4.46. The van der Waals surface area contributed by atoms with Crippen molar-refractivity contribution in [2.45, 2.75) is 63.7 Å². The summed E-state index contributed by atoms with van der Waals surface area (Å²) in [5.74, 6) is 0.916. The number of rotatable bonds is 10. The molecule has 5 nitrogen and oxygen atoms in total. The number of nitrogens with zero attached hydrogens (tertiary/aromatic N) is 2. The largest absolute Gasteiger partial charge is 0.494 e. The monoisotopic (exact) mass is 540 g/mol. The van der Waals surface area contributed by atoms with Crippen LogP contribution in [0.3, 0.4) is 0 Å². The van der Waals surface area contributed by atoms with Crippen LogP contribution in [-0.4, -0.2) is 28.7 Å². The van der Waals surface area contributed by atoms with Crippen molar-refractivity contribution in [1.82, 2.24) is 14.9 Å². The van der Waals surface area contributed by atoms with E-state index in [1.165, 1.54) is 3.57 Å². The number of nitrogens with two attached hydrogens (primary N) is 1. The molecule has 164 valence electrons. The van der Waals surface area contributed by atoms with Crippen LogP contribution in [0.15, 0.2) is 34.8 Å². The zero-order valence-electron chi connectivity index (χ0n) is 18.6. The van der Waals surface area contributed by atoms with Crippen molar-refractivity contribution in [2.75, 3.05) is 13.2 Å². The molecular formula is C23H33IN4OS. The Morgan fingerprint density at radius 3 is 2.77 bits per heavy atom. The molecule has 0 aliphatic heterocycles. The van der Waals surface area contributed by atoms with Crippen molar-refractivity contribution in [3.63, 3.8) is 0 Å². The molecule has 2 aromatic rings. The van der Waals surface area contributed by atoms with Crippen molar-refractivity contribution in [2.24, 2.45) is 5.73 Å². The lowest BCUT2D eigenvalue weighted by Crippen LogP contribution is -2.34. The van der Waals surface area contributed by atoms with Crippen molar-refractivity contribution in [3.05, 3.63) is 44.6 Å². The van der Waals surface area contributed by atoms with Crippen molar-refractivity contribution in [3.8, 4) is 5.75 Å². The number of aryl methyl sites for hydroxylation is 1. The maximum atomic E-state index is 6.17. The fourth-order valence-corrected chi connectivity index (χ4v) is 4.97. The number of aromatic nitrogens is 2. The highest BCUT2D eigenvalue weighted by molar-refractivity contribution is 14.1. The first kappa shape index (κ1) is 24.8. The van der Waals surface area contributed by atoms with Gasteiger partial charge < -0.3 is 20.4 Å². The molecule has 0 aliphatic carbocycles. The van der Waals surface area contributed by atoms with Gasteiger partial charge in [0.15, 0.2) is 5.16 Å². The molecule has 0 atom stereocenters. The van der Waals surface area contributed by atoms with E-state index < -0.39 is 0 Å². The predicted molar refractivity (Wildman–Crippen MR) is 136 cm³/mol. The first-order valence-corrected chi connectivity index (χ1v) is 12.2. The summed E-state index contributed by atoms with van der Waals surface area (Å²) in [7, 11) is 0. The van der Waals surface area contributed by atoms with Gasteiger partial charge in [-0.15, -0.1) is 0 Å². The summed E-state index contributed by atoms with van der Waals surface area (Å²) in [6.45, 7) is 16.6. The zero-order valence-corrected chi connectivity index (χ0v) is 21.6. The van der Waals surface area contributed by atoms with E-state index in [-0.39, 0.29) is 0 Å². The van der Waals surface area contributed by atoms with Crippen LogP contribution in [0.4, 0.5) is 0 Å². The summed E-state index contributed by atoms with van der Waals surface area (Å²) in [6, 6.07) is 4.74. The van der Waals surface area contributed by atoms with Gasteiger partial charge in [-0.25, -0.2) is 4.98 Å². The molecule has 2 rings (SSSR count).